The Labute approximate surface area is 199 Å². The number of carbonyl (C=O) groups excluding carboxylic acids is 1. The Hall–Kier alpha value is -0.650. The molecule has 0 amide bonds. The zero-order valence-corrected chi connectivity index (χ0v) is 22.0. The number of hydrogen-bond donors (Lipinski definition) is 3. The van der Waals surface area contributed by atoms with Crippen molar-refractivity contribution >= 4 is 5.97 Å². The second-order valence-corrected chi connectivity index (χ2v) is 10.5. The molecular weight excluding hydrogens is 402 g/mol. The SMILES string of the molecule is CCCCCCCCCCNC(CCCCCCCC)(CC(O)CO)C(=O)OC(C)(C)C. The van der Waals surface area contributed by atoms with E-state index in [2.05, 4.69) is 19.2 Å². The molecule has 0 aromatic rings. The molecule has 2 unspecified atom stereocenters. The molecule has 2 atom stereocenters. The largest absolute Gasteiger partial charge is 0.459 e. The number of hydrogen-bond acceptors (Lipinski definition) is 5. The van der Waals surface area contributed by atoms with Gasteiger partial charge in [-0.05, 0) is 40.2 Å². The molecule has 0 rings (SSSR count). The van der Waals surface area contributed by atoms with E-state index in [-0.39, 0.29) is 19.0 Å². The molecule has 0 aliphatic carbocycles. The van der Waals surface area contributed by atoms with Crippen LogP contribution in [0.4, 0.5) is 0 Å². The quantitative estimate of drug-likeness (QED) is 0.139. The zero-order valence-electron chi connectivity index (χ0n) is 22.0. The van der Waals surface area contributed by atoms with Gasteiger partial charge >= 0.3 is 5.97 Å². The minimum atomic E-state index is -0.943. The van der Waals surface area contributed by atoms with Crippen molar-refractivity contribution in [1.82, 2.24) is 5.32 Å². The van der Waals surface area contributed by atoms with Crippen molar-refractivity contribution in [2.75, 3.05) is 13.2 Å². The third-order valence-electron chi connectivity index (χ3n) is 6.04. The van der Waals surface area contributed by atoms with Gasteiger partial charge in [0.15, 0.2) is 0 Å². The van der Waals surface area contributed by atoms with Gasteiger partial charge in [0, 0.05) is 6.42 Å². The summed E-state index contributed by atoms with van der Waals surface area (Å²) < 4.78 is 5.78. The molecule has 0 aliphatic rings. The second-order valence-electron chi connectivity index (χ2n) is 10.5. The van der Waals surface area contributed by atoms with Crippen LogP contribution in [0.5, 0.6) is 0 Å². The van der Waals surface area contributed by atoms with E-state index in [4.69, 9.17) is 4.74 Å². The van der Waals surface area contributed by atoms with E-state index in [1.807, 2.05) is 20.8 Å². The maximum atomic E-state index is 13.3. The molecule has 192 valence electrons. The number of aliphatic hydroxyl groups excluding tert-OH is 2. The number of rotatable bonds is 21. The van der Waals surface area contributed by atoms with Crippen LogP contribution in [0.25, 0.3) is 0 Å². The van der Waals surface area contributed by atoms with Gasteiger partial charge in [0.25, 0.3) is 0 Å². The molecule has 0 saturated heterocycles. The van der Waals surface area contributed by atoms with E-state index in [1.54, 1.807) is 0 Å². The Bertz CT molecular complexity index is 449. The van der Waals surface area contributed by atoms with Crippen molar-refractivity contribution in [3.63, 3.8) is 0 Å². The van der Waals surface area contributed by atoms with Crippen molar-refractivity contribution in [2.24, 2.45) is 0 Å². The van der Waals surface area contributed by atoms with Crippen molar-refractivity contribution in [3.8, 4) is 0 Å². The Balaban J connectivity index is 4.93. The highest BCUT2D eigenvalue weighted by molar-refractivity contribution is 5.81. The van der Waals surface area contributed by atoms with Crippen molar-refractivity contribution in [3.05, 3.63) is 0 Å². The van der Waals surface area contributed by atoms with Gasteiger partial charge in [-0.15, -0.1) is 0 Å². The van der Waals surface area contributed by atoms with Crippen LogP contribution < -0.4 is 5.32 Å². The fourth-order valence-electron chi connectivity index (χ4n) is 4.16. The smallest absolute Gasteiger partial charge is 0.326 e. The van der Waals surface area contributed by atoms with Gasteiger partial charge in [-0.2, -0.15) is 0 Å². The average molecular weight is 458 g/mol. The van der Waals surface area contributed by atoms with Crippen molar-refractivity contribution in [2.45, 2.75) is 155 Å². The van der Waals surface area contributed by atoms with Crippen LogP contribution in [0.1, 0.15) is 137 Å². The molecule has 0 saturated carbocycles. The van der Waals surface area contributed by atoms with Crippen LogP contribution in [0.15, 0.2) is 0 Å². The number of aliphatic hydroxyl groups is 2. The van der Waals surface area contributed by atoms with Crippen molar-refractivity contribution < 1.29 is 19.7 Å². The van der Waals surface area contributed by atoms with E-state index in [9.17, 15) is 15.0 Å². The summed E-state index contributed by atoms with van der Waals surface area (Å²) in [7, 11) is 0. The molecule has 5 heteroatoms. The molecule has 5 nitrogen and oxygen atoms in total. The first-order chi connectivity index (χ1) is 15.2. The first-order valence-corrected chi connectivity index (χ1v) is 13.5. The monoisotopic (exact) mass is 457 g/mol. The molecule has 0 spiro atoms. The number of carbonyl (C=O) groups is 1. The van der Waals surface area contributed by atoms with E-state index in [0.717, 1.165) is 32.2 Å². The van der Waals surface area contributed by atoms with Crippen LogP contribution in [0, 0.1) is 0 Å². The van der Waals surface area contributed by atoms with Crippen LogP contribution in [-0.4, -0.2) is 46.6 Å². The van der Waals surface area contributed by atoms with E-state index in [0.29, 0.717) is 6.42 Å². The molecule has 32 heavy (non-hydrogen) atoms. The molecule has 0 bridgehead atoms. The normalized spacial score (nSPS) is 14.8. The van der Waals surface area contributed by atoms with Crippen LogP contribution >= 0.6 is 0 Å². The predicted molar refractivity (Wildman–Crippen MR) is 135 cm³/mol. The molecule has 0 fully saturated rings. The van der Waals surface area contributed by atoms with Crippen LogP contribution in [0.3, 0.4) is 0 Å². The van der Waals surface area contributed by atoms with Gasteiger partial charge in [0.05, 0.1) is 12.7 Å². The van der Waals surface area contributed by atoms with Gasteiger partial charge < -0.3 is 20.3 Å². The van der Waals surface area contributed by atoms with Gasteiger partial charge in [-0.3, -0.25) is 4.79 Å². The molecule has 0 radical (unpaired) electrons. The number of nitrogens with one attached hydrogen (secondary N) is 1. The van der Waals surface area contributed by atoms with E-state index >= 15 is 0 Å². The summed E-state index contributed by atoms with van der Waals surface area (Å²) in [6.07, 6.45) is 16.6. The summed E-state index contributed by atoms with van der Waals surface area (Å²) in [6.45, 7) is 10.5. The maximum absolute atomic E-state index is 13.3. The Kier molecular flexibility index (Phi) is 18.4. The highest BCUT2D eigenvalue weighted by Gasteiger charge is 2.42. The number of ether oxygens (including phenoxy) is 1. The summed E-state index contributed by atoms with van der Waals surface area (Å²) >= 11 is 0. The summed E-state index contributed by atoms with van der Waals surface area (Å²) in [5.74, 6) is -0.300. The van der Waals surface area contributed by atoms with Crippen molar-refractivity contribution in [1.29, 1.82) is 0 Å². The minimum absolute atomic E-state index is 0.185. The lowest BCUT2D eigenvalue weighted by Gasteiger charge is -2.37. The fraction of sp³-hybridized carbons (Fsp3) is 0.963. The standard InChI is InChI=1S/C27H55NO4/c1-6-8-10-12-14-15-17-19-21-28-27(22-24(30)23-29,25(31)32-26(3,4)5)20-18-16-13-11-9-7-2/h24,28-30H,6-23H2,1-5H3. The molecule has 3 N–H and O–H groups in total. The molecule has 0 aromatic heterocycles. The highest BCUT2D eigenvalue weighted by Crippen LogP contribution is 2.26. The van der Waals surface area contributed by atoms with Crippen LogP contribution in [-0.2, 0) is 9.53 Å². The average Bonchev–Trinajstić information content (AvgIpc) is 2.73. The van der Waals surface area contributed by atoms with E-state index < -0.39 is 17.2 Å². The predicted octanol–water partition coefficient (Wildman–Crippen LogP) is 6.29. The van der Waals surface area contributed by atoms with Gasteiger partial charge in [0.1, 0.15) is 11.1 Å². The molecule has 0 aliphatic heterocycles. The summed E-state index contributed by atoms with van der Waals surface area (Å²) in [6, 6.07) is 0. The molecule has 0 aromatic carbocycles. The molecular formula is C27H55NO4. The van der Waals surface area contributed by atoms with Crippen LogP contribution in [0.2, 0.25) is 0 Å². The first kappa shape index (κ1) is 31.4. The zero-order chi connectivity index (χ0) is 24.3. The maximum Gasteiger partial charge on any atom is 0.326 e. The number of esters is 1. The minimum Gasteiger partial charge on any atom is -0.459 e. The summed E-state index contributed by atoms with van der Waals surface area (Å²) in [5, 5.41) is 23.2. The number of unbranched alkanes of at least 4 members (excludes halogenated alkanes) is 12. The third kappa shape index (κ3) is 16.0. The third-order valence-corrected chi connectivity index (χ3v) is 6.04. The summed E-state index contributed by atoms with van der Waals surface area (Å²) in [4.78, 5) is 13.3. The fourth-order valence-corrected chi connectivity index (χ4v) is 4.16. The lowest BCUT2D eigenvalue weighted by atomic mass is 9.85. The topological polar surface area (TPSA) is 78.8 Å². The summed E-state index contributed by atoms with van der Waals surface area (Å²) in [5.41, 5.74) is -1.53. The van der Waals surface area contributed by atoms with E-state index in [1.165, 1.54) is 64.2 Å². The highest BCUT2D eigenvalue weighted by atomic mass is 16.6. The Morgan fingerprint density at radius 1 is 0.812 bits per heavy atom. The van der Waals surface area contributed by atoms with Gasteiger partial charge in [-0.25, -0.2) is 0 Å². The Morgan fingerprint density at radius 3 is 1.75 bits per heavy atom. The second kappa shape index (κ2) is 18.7. The lowest BCUT2D eigenvalue weighted by Crippen LogP contribution is -2.56. The van der Waals surface area contributed by atoms with Gasteiger partial charge in [0.2, 0.25) is 0 Å². The van der Waals surface area contributed by atoms with Gasteiger partial charge in [-0.1, -0.05) is 97.3 Å². The lowest BCUT2D eigenvalue weighted by molar-refractivity contribution is -0.165. The first-order valence-electron chi connectivity index (χ1n) is 13.5. The Morgan fingerprint density at radius 2 is 1.28 bits per heavy atom. The molecule has 0 heterocycles.